The predicted octanol–water partition coefficient (Wildman–Crippen LogP) is 3.60. The molecular formula is C19H21ClN6O2. The second-order valence-corrected chi connectivity index (χ2v) is 6.56. The van der Waals surface area contributed by atoms with E-state index >= 15 is 0 Å². The third-order valence-corrected chi connectivity index (χ3v) is 4.36. The highest BCUT2D eigenvalue weighted by Crippen LogP contribution is 2.20. The molecule has 9 heteroatoms. The van der Waals surface area contributed by atoms with E-state index in [1.54, 1.807) is 29.2 Å². The van der Waals surface area contributed by atoms with Crippen LogP contribution in [0.4, 0.5) is 11.4 Å². The van der Waals surface area contributed by atoms with Crippen LogP contribution in [0, 0.1) is 0 Å². The maximum absolute atomic E-state index is 12.8. The van der Waals surface area contributed by atoms with Crippen LogP contribution in [0.2, 0.25) is 5.02 Å². The maximum atomic E-state index is 12.8. The Bertz CT molecular complexity index is 966. The summed E-state index contributed by atoms with van der Waals surface area (Å²) in [6.45, 7) is 4.34. The molecule has 2 aromatic heterocycles. The van der Waals surface area contributed by atoms with Gasteiger partial charge in [0, 0.05) is 24.6 Å². The molecule has 0 spiro atoms. The summed E-state index contributed by atoms with van der Waals surface area (Å²) in [5.41, 5.74) is 1.14. The molecule has 0 saturated carbocycles. The first kappa shape index (κ1) is 19.6. The fourth-order valence-corrected chi connectivity index (χ4v) is 2.89. The Labute approximate surface area is 167 Å². The molecule has 1 unspecified atom stereocenters. The molecule has 3 rings (SSSR count). The molecule has 0 fully saturated rings. The van der Waals surface area contributed by atoms with Gasteiger partial charge >= 0.3 is 0 Å². The quantitative estimate of drug-likeness (QED) is 0.633. The number of amides is 2. The Morgan fingerprint density at radius 1 is 1.14 bits per heavy atom. The molecule has 146 valence electrons. The van der Waals surface area contributed by atoms with Crippen molar-refractivity contribution in [2.75, 3.05) is 10.6 Å². The molecule has 2 N–H and O–H groups in total. The lowest BCUT2D eigenvalue weighted by atomic mass is 10.2. The first-order chi connectivity index (χ1) is 13.5. The average Bonchev–Trinajstić information content (AvgIpc) is 3.29. The molecule has 2 amide bonds. The van der Waals surface area contributed by atoms with Crippen molar-refractivity contribution in [3.8, 4) is 0 Å². The largest absolute Gasteiger partial charge is 0.321 e. The molecule has 0 aliphatic heterocycles. The van der Waals surface area contributed by atoms with Crippen molar-refractivity contribution in [1.29, 1.82) is 0 Å². The number of hydrogen-bond donors (Lipinski definition) is 2. The van der Waals surface area contributed by atoms with Crippen LogP contribution < -0.4 is 10.6 Å². The second kappa shape index (κ2) is 8.71. The Kier molecular flexibility index (Phi) is 6.10. The number of benzene rings is 1. The van der Waals surface area contributed by atoms with E-state index in [1.807, 2.05) is 32.0 Å². The summed E-state index contributed by atoms with van der Waals surface area (Å²) in [4.78, 5) is 25.5. The van der Waals surface area contributed by atoms with Gasteiger partial charge in [-0.05, 0) is 25.5 Å². The fourth-order valence-electron chi connectivity index (χ4n) is 2.75. The zero-order valence-electron chi connectivity index (χ0n) is 15.6. The monoisotopic (exact) mass is 400 g/mol. The van der Waals surface area contributed by atoms with Crippen LogP contribution in [-0.2, 0) is 11.3 Å². The molecule has 0 bridgehead atoms. The SMILES string of the molecule is CCC(C(=O)Nc1cn(CC)nc1C(=O)Nc1ccccc1)n1cc(Cl)cn1. The van der Waals surface area contributed by atoms with Gasteiger partial charge in [-0.2, -0.15) is 10.2 Å². The minimum atomic E-state index is -0.553. The number of nitrogens with zero attached hydrogens (tertiary/aromatic N) is 4. The number of aromatic nitrogens is 4. The van der Waals surface area contributed by atoms with Gasteiger partial charge in [0.15, 0.2) is 5.69 Å². The summed E-state index contributed by atoms with van der Waals surface area (Å²) in [5, 5.41) is 14.4. The number of hydrogen-bond acceptors (Lipinski definition) is 4. The van der Waals surface area contributed by atoms with Crippen LogP contribution in [0.5, 0.6) is 0 Å². The van der Waals surface area contributed by atoms with Gasteiger partial charge in [-0.1, -0.05) is 36.7 Å². The third kappa shape index (κ3) is 4.40. The number of carbonyl (C=O) groups excluding carboxylic acids is 2. The molecular weight excluding hydrogens is 380 g/mol. The van der Waals surface area contributed by atoms with E-state index in [2.05, 4.69) is 20.8 Å². The number of nitrogens with one attached hydrogen (secondary N) is 2. The van der Waals surface area contributed by atoms with Gasteiger partial charge in [-0.25, -0.2) is 0 Å². The highest BCUT2D eigenvalue weighted by atomic mass is 35.5. The number of aryl methyl sites for hydroxylation is 1. The fraction of sp³-hybridized carbons (Fsp3) is 0.263. The summed E-state index contributed by atoms with van der Waals surface area (Å²) < 4.78 is 3.10. The third-order valence-electron chi connectivity index (χ3n) is 4.17. The number of rotatable bonds is 7. The van der Waals surface area contributed by atoms with Gasteiger partial charge in [0.2, 0.25) is 5.91 Å². The molecule has 0 radical (unpaired) electrons. The van der Waals surface area contributed by atoms with Crippen LogP contribution >= 0.6 is 11.6 Å². The van der Waals surface area contributed by atoms with Crippen molar-refractivity contribution in [3.05, 3.63) is 59.6 Å². The van der Waals surface area contributed by atoms with E-state index in [-0.39, 0.29) is 11.6 Å². The first-order valence-corrected chi connectivity index (χ1v) is 9.34. The van der Waals surface area contributed by atoms with Gasteiger partial charge < -0.3 is 10.6 Å². The van der Waals surface area contributed by atoms with E-state index in [9.17, 15) is 9.59 Å². The summed E-state index contributed by atoms with van der Waals surface area (Å²) in [5.74, 6) is -0.699. The Hall–Kier alpha value is -3.13. The second-order valence-electron chi connectivity index (χ2n) is 6.12. The molecule has 3 aromatic rings. The number of para-hydroxylation sites is 1. The normalized spacial score (nSPS) is 11.8. The maximum Gasteiger partial charge on any atom is 0.278 e. The van der Waals surface area contributed by atoms with Gasteiger partial charge in [0.05, 0.1) is 16.9 Å². The lowest BCUT2D eigenvalue weighted by Crippen LogP contribution is -2.27. The van der Waals surface area contributed by atoms with Gasteiger partial charge in [0.25, 0.3) is 5.91 Å². The molecule has 8 nitrogen and oxygen atoms in total. The van der Waals surface area contributed by atoms with Crippen molar-refractivity contribution in [2.45, 2.75) is 32.9 Å². The van der Waals surface area contributed by atoms with E-state index in [1.165, 1.54) is 10.9 Å². The van der Waals surface area contributed by atoms with Gasteiger partial charge in [-0.15, -0.1) is 0 Å². The van der Waals surface area contributed by atoms with Crippen molar-refractivity contribution < 1.29 is 9.59 Å². The topological polar surface area (TPSA) is 93.8 Å². The molecule has 1 atom stereocenters. The van der Waals surface area contributed by atoms with Crippen LogP contribution in [0.25, 0.3) is 0 Å². The molecule has 1 aromatic carbocycles. The predicted molar refractivity (Wildman–Crippen MR) is 107 cm³/mol. The first-order valence-electron chi connectivity index (χ1n) is 8.96. The summed E-state index contributed by atoms with van der Waals surface area (Å²) >= 11 is 5.91. The molecule has 28 heavy (non-hydrogen) atoms. The molecule has 2 heterocycles. The standard InChI is InChI=1S/C19H21ClN6O2/c1-3-16(26-11-13(20)10-21-26)18(27)23-15-12-25(4-2)24-17(15)19(28)22-14-8-6-5-7-9-14/h5-12,16H,3-4H2,1-2H3,(H,22,28)(H,23,27). The van der Waals surface area contributed by atoms with Crippen molar-refractivity contribution in [1.82, 2.24) is 19.6 Å². The van der Waals surface area contributed by atoms with E-state index < -0.39 is 11.9 Å². The molecule has 0 saturated heterocycles. The Morgan fingerprint density at radius 3 is 2.50 bits per heavy atom. The van der Waals surface area contributed by atoms with Crippen LogP contribution in [0.3, 0.4) is 0 Å². The lowest BCUT2D eigenvalue weighted by Gasteiger charge is -2.15. The van der Waals surface area contributed by atoms with Crippen molar-refractivity contribution >= 4 is 34.8 Å². The highest BCUT2D eigenvalue weighted by Gasteiger charge is 2.24. The summed E-state index contributed by atoms with van der Waals surface area (Å²) in [6.07, 6.45) is 5.22. The van der Waals surface area contributed by atoms with Gasteiger partial charge in [-0.3, -0.25) is 19.0 Å². The number of anilines is 2. The average molecular weight is 401 g/mol. The van der Waals surface area contributed by atoms with E-state index in [0.717, 1.165) is 0 Å². The smallest absolute Gasteiger partial charge is 0.278 e. The Morgan fingerprint density at radius 2 is 1.89 bits per heavy atom. The molecule has 0 aliphatic carbocycles. The van der Waals surface area contributed by atoms with Crippen molar-refractivity contribution in [2.24, 2.45) is 0 Å². The highest BCUT2D eigenvalue weighted by molar-refractivity contribution is 6.30. The zero-order chi connectivity index (χ0) is 20.1. The van der Waals surface area contributed by atoms with Crippen LogP contribution in [0.15, 0.2) is 48.9 Å². The zero-order valence-corrected chi connectivity index (χ0v) is 16.3. The van der Waals surface area contributed by atoms with Crippen LogP contribution in [0.1, 0.15) is 36.8 Å². The van der Waals surface area contributed by atoms with Gasteiger partial charge in [0.1, 0.15) is 6.04 Å². The minimum Gasteiger partial charge on any atom is -0.321 e. The summed E-state index contributed by atoms with van der Waals surface area (Å²) in [6, 6.07) is 8.51. The van der Waals surface area contributed by atoms with Crippen LogP contribution in [-0.4, -0.2) is 31.4 Å². The minimum absolute atomic E-state index is 0.146. The Balaban J connectivity index is 1.82. The summed E-state index contributed by atoms with van der Waals surface area (Å²) in [7, 11) is 0. The number of halogens is 1. The number of carbonyl (C=O) groups is 2. The van der Waals surface area contributed by atoms with E-state index in [0.29, 0.717) is 29.4 Å². The van der Waals surface area contributed by atoms with Crippen molar-refractivity contribution in [3.63, 3.8) is 0 Å². The molecule has 0 aliphatic rings. The van der Waals surface area contributed by atoms with E-state index in [4.69, 9.17) is 11.6 Å². The lowest BCUT2D eigenvalue weighted by molar-refractivity contribution is -0.119.